The molecule has 0 spiro atoms. The second kappa shape index (κ2) is 9.11. The van der Waals surface area contributed by atoms with Crippen LogP contribution in [-0.4, -0.2) is 29.0 Å². The molecule has 0 aliphatic carbocycles. The lowest BCUT2D eigenvalue weighted by atomic mass is 10.1. The number of amides is 1. The van der Waals surface area contributed by atoms with E-state index in [1.165, 1.54) is 0 Å². The highest BCUT2D eigenvalue weighted by molar-refractivity contribution is 5.94. The summed E-state index contributed by atoms with van der Waals surface area (Å²) >= 11 is 0. The topological polar surface area (TPSA) is 69.8 Å². The number of carbonyl (C=O) groups is 1. The van der Waals surface area contributed by atoms with E-state index in [1.54, 1.807) is 0 Å². The molecule has 1 aromatic heterocycles. The molecule has 23 heavy (non-hydrogen) atoms. The number of halogens is 2. The number of rotatable bonds is 5. The standard InChI is InChI=1S/C16H22N4O.2ClH/c1-2-3-4-15-19-13-6-5-12(9-14(13)20-15)18-16(21)11-7-8-17-10-11;;/h5-6,9,11,17H,2-4,7-8,10H2,1H3,(H,18,21)(H,19,20);2*1H. The van der Waals surface area contributed by atoms with E-state index in [2.05, 4.69) is 27.5 Å². The number of aryl methyl sites for hydroxylation is 1. The molecule has 1 atom stereocenters. The average molecular weight is 359 g/mol. The average Bonchev–Trinajstić information content (AvgIpc) is 3.13. The molecule has 0 saturated carbocycles. The van der Waals surface area contributed by atoms with Crippen molar-refractivity contribution in [2.45, 2.75) is 32.6 Å². The summed E-state index contributed by atoms with van der Waals surface area (Å²) < 4.78 is 0. The monoisotopic (exact) mass is 358 g/mol. The van der Waals surface area contributed by atoms with Crippen LogP contribution in [0.25, 0.3) is 11.0 Å². The van der Waals surface area contributed by atoms with Gasteiger partial charge in [-0.25, -0.2) is 4.98 Å². The van der Waals surface area contributed by atoms with E-state index in [-0.39, 0.29) is 36.6 Å². The van der Waals surface area contributed by atoms with Crippen molar-refractivity contribution in [2.75, 3.05) is 18.4 Å². The van der Waals surface area contributed by atoms with Gasteiger partial charge in [0.2, 0.25) is 5.91 Å². The lowest BCUT2D eigenvalue weighted by Crippen LogP contribution is -2.24. The number of fused-ring (bicyclic) bond motifs is 1. The van der Waals surface area contributed by atoms with Crippen LogP contribution in [0.5, 0.6) is 0 Å². The van der Waals surface area contributed by atoms with Crippen molar-refractivity contribution in [1.82, 2.24) is 15.3 Å². The van der Waals surface area contributed by atoms with E-state index < -0.39 is 0 Å². The molecule has 1 aromatic carbocycles. The first-order chi connectivity index (χ1) is 10.3. The molecule has 3 rings (SSSR count). The summed E-state index contributed by atoms with van der Waals surface area (Å²) in [5.74, 6) is 1.21. The highest BCUT2D eigenvalue weighted by Gasteiger charge is 2.22. The van der Waals surface area contributed by atoms with Crippen LogP contribution in [0.2, 0.25) is 0 Å². The fraction of sp³-hybridized carbons (Fsp3) is 0.500. The fourth-order valence-electron chi connectivity index (χ4n) is 2.73. The normalized spacial score (nSPS) is 16.7. The van der Waals surface area contributed by atoms with E-state index in [0.717, 1.165) is 61.3 Å². The van der Waals surface area contributed by atoms with Gasteiger partial charge in [-0.05, 0) is 37.6 Å². The molecule has 1 aliphatic heterocycles. The Morgan fingerprint density at radius 3 is 2.91 bits per heavy atom. The Balaban J connectivity index is 0.00000132. The van der Waals surface area contributed by atoms with Crippen molar-refractivity contribution < 1.29 is 4.79 Å². The summed E-state index contributed by atoms with van der Waals surface area (Å²) in [6.45, 7) is 3.88. The number of aromatic amines is 1. The highest BCUT2D eigenvalue weighted by atomic mass is 35.5. The van der Waals surface area contributed by atoms with Gasteiger partial charge in [0.05, 0.1) is 17.0 Å². The van der Waals surface area contributed by atoms with Gasteiger partial charge in [-0.2, -0.15) is 0 Å². The van der Waals surface area contributed by atoms with Gasteiger partial charge in [0.1, 0.15) is 5.82 Å². The van der Waals surface area contributed by atoms with Crippen LogP contribution in [-0.2, 0) is 11.2 Å². The molecule has 3 N–H and O–H groups in total. The van der Waals surface area contributed by atoms with Crippen molar-refractivity contribution >= 4 is 47.4 Å². The Morgan fingerprint density at radius 1 is 1.39 bits per heavy atom. The molecule has 1 amide bonds. The second-order valence-electron chi connectivity index (χ2n) is 5.70. The predicted octanol–water partition coefficient (Wildman–Crippen LogP) is 3.30. The minimum Gasteiger partial charge on any atom is -0.342 e. The number of nitrogens with one attached hydrogen (secondary N) is 3. The van der Waals surface area contributed by atoms with Gasteiger partial charge in [0.25, 0.3) is 0 Å². The molecule has 2 heterocycles. The molecule has 128 valence electrons. The first kappa shape index (κ1) is 19.7. The molecule has 5 nitrogen and oxygen atoms in total. The third-order valence-electron chi connectivity index (χ3n) is 4.00. The molecule has 1 fully saturated rings. The second-order valence-corrected chi connectivity index (χ2v) is 5.70. The Labute approximate surface area is 148 Å². The SMILES string of the molecule is CCCCc1nc2ccc(NC(=O)C3CCNC3)cc2[nH]1.Cl.Cl. The molecular formula is C16H24Cl2N4O. The lowest BCUT2D eigenvalue weighted by Gasteiger charge is -2.09. The third-order valence-corrected chi connectivity index (χ3v) is 4.00. The molecule has 2 aromatic rings. The quantitative estimate of drug-likeness (QED) is 0.767. The number of nitrogens with zero attached hydrogens (tertiary/aromatic N) is 1. The van der Waals surface area contributed by atoms with Crippen molar-refractivity contribution in [3.05, 3.63) is 24.0 Å². The Kier molecular flexibility index (Phi) is 7.82. The van der Waals surface area contributed by atoms with Gasteiger partial charge in [0, 0.05) is 18.7 Å². The van der Waals surface area contributed by atoms with Crippen LogP contribution in [0.15, 0.2) is 18.2 Å². The van der Waals surface area contributed by atoms with Gasteiger partial charge >= 0.3 is 0 Å². The van der Waals surface area contributed by atoms with E-state index in [0.29, 0.717) is 0 Å². The van der Waals surface area contributed by atoms with Crippen LogP contribution in [0.3, 0.4) is 0 Å². The van der Waals surface area contributed by atoms with E-state index >= 15 is 0 Å². The van der Waals surface area contributed by atoms with E-state index in [9.17, 15) is 4.79 Å². The summed E-state index contributed by atoms with van der Waals surface area (Å²) in [4.78, 5) is 20.0. The van der Waals surface area contributed by atoms with Crippen molar-refractivity contribution in [2.24, 2.45) is 5.92 Å². The number of carbonyl (C=O) groups excluding carboxylic acids is 1. The lowest BCUT2D eigenvalue weighted by molar-refractivity contribution is -0.119. The van der Waals surface area contributed by atoms with Crippen molar-refractivity contribution in [3.8, 4) is 0 Å². The maximum atomic E-state index is 12.1. The van der Waals surface area contributed by atoms with Crippen LogP contribution in [0.4, 0.5) is 5.69 Å². The minimum absolute atomic E-state index is 0. The largest absolute Gasteiger partial charge is 0.342 e. The summed E-state index contributed by atoms with van der Waals surface area (Å²) in [5, 5.41) is 6.22. The number of anilines is 1. The van der Waals surface area contributed by atoms with Gasteiger partial charge in [0.15, 0.2) is 0 Å². The number of unbranched alkanes of at least 4 members (excludes halogenated alkanes) is 1. The summed E-state index contributed by atoms with van der Waals surface area (Å²) in [7, 11) is 0. The van der Waals surface area contributed by atoms with Crippen LogP contribution in [0.1, 0.15) is 32.0 Å². The number of H-pyrrole nitrogens is 1. The summed E-state index contributed by atoms with van der Waals surface area (Å²) in [6, 6.07) is 5.86. The zero-order chi connectivity index (χ0) is 14.7. The number of benzene rings is 1. The smallest absolute Gasteiger partial charge is 0.228 e. The number of hydrogen-bond acceptors (Lipinski definition) is 3. The molecular weight excluding hydrogens is 335 g/mol. The van der Waals surface area contributed by atoms with Crippen LogP contribution < -0.4 is 10.6 Å². The van der Waals surface area contributed by atoms with Gasteiger partial charge in [-0.15, -0.1) is 24.8 Å². The Morgan fingerprint density at radius 2 is 2.22 bits per heavy atom. The number of imidazole rings is 1. The predicted molar refractivity (Wildman–Crippen MR) is 98.8 cm³/mol. The molecule has 0 radical (unpaired) electrons. The Bertz CT molecular complexity index is 638. The van der Waals surface area contributed by atoms with E-state index in [4.69, 9.17) is 0 Å². The van der Waals surface area contributed by atoms with Gasteiger partial charge in [-0.3, -0.25) is 4.79 Å². The van der Waals surface area contributed by atoms with Gasteiger partial charge in [-0.1, -0.05) is 13.3 Å². The molecule has 0 bridgehead atoms. The van der Waals surface area contributed by atoms with E-state index in [1.807, 2.05) is 18.2 Å². The number of aromatic nitrogens is 2. The van der Waals surface area contributed by atoms with Crippen LogP contribution >= 0.6 is 24.8 Å². The molecule has 1 aliphatic rings. The molecule has 1 unspecified atom stereocenters. The van der Waals surface area contributed by atoms with Crippen molar-refractivity contribution in [1.29, 1.82) is 0 Å². The van der Waals surface area contributed by atoms with Gasteiger partial charge < -0.3 is 15.6 Å². The summed E-state index contributed by atoms with van der Waals surface area (Å²) in [5.41, 5.74) is 2.79. The zero-order valence-electron chi connectivity index (χ0n) is 13.2. The Hall–Kier alpha value is -1.30. The van der Waals surface area contributed by atoms with Crippen LogP contribution in [0, 0.1) is 5.92 Å². The minimum atomic E-state index is 0. The first-order valence-electron chi connectivity index (χ1n) is 7.76. The molecule has 1 saturated heterocycles. The first-order valence-corrected chi connectivity index (χ1v) is 7.76. The molecule has 7 heteroatoms. The number of hydrogen-bond donors (Lipinski definition) is 3. The maximum absolute atomic E-state index is 12.1. The highest BCUT2D eigenvalue weighted by Crippen LogP contribution is 2.19. The summed E-state index contributed by atoms with van der Waals surface area (Å²) in [6.07, 6.45) is 4.19. The third kappa shape index (κ3) is 4.83. The fourth-order valence-corrected chi connectivity index (χ4v) is 2.73. The zero-order valence-corrected chi connectivity index (χ0v) is 14.9. The van der Waals surface area contributed by atoms with Crippen molar-refractivity contribution in [3.63, 3.8) is 0 Å². The maximum Gasteiger partial charge on any atom is 0.228 e.